The quantitative estimate of drug-likeness (QED) is 0.0877. The van der Waals surface area contributed by atoms with Crippen molar-refractivity contribution >= 4 is 62.0 Å². The molecule has 0 aliphatic heterocycles. The van der Waals surface area contributed by atoms with Crippen molar-refractivity contribution in [3.8, 4) is 0 Å². The predicted octanol–water partition coefficient (Wildman–Crippen LogP) is 3.39. The summed E-state index contributed by atoms with van der Waals surface area (Å²) in [7, 11) is -8.03. The van der Waals surface area contributed by atoms with Crippen molar-refractivity contribution < 1.29 is 49.2 Å². The van der Waals surface area contributed by atoms with Gasteiger partial charge in [-0.3, -0.25) is 22.9 Å². The Balaban J connectivity index is -0.000000567. The zero-order valence-electron chi connectivity index (χ0n) is 21.3. The van der Waals surface area contributed by atoms with Crippen LogP contribution in [0, 0.1) is 0 Å². The number of rotatable bonds is 19. The Morgan fingerprint density at radius 1 is 0.722 bits per heavy atom. The molecule has 0 aliphatic carbocycles. The Hall–Kier alpha value is -0.320. The first-order chi connectivity index (χ1) is 15.9. The topological polar surface area (TPSA) is 206 Å². The molecule has 0 aromatic rings. The molecule has 5 N–H and O–H groups in total. The fraction of sp³-hybridized carbons (Fsp3) is 0.905. The summed E-state index contributed by atoms with van der Waals surface area (Å²) >= 11 is 0. The standard InChI is InChI=1S/C20H38O7S.CH4O4S.H3N.Na.H/c1-3-5-7-9-11-13-15-26-19(21)17-18(28(23,24)25)20(22)27-16-14-12-10-8-6-4-2;1-5-6(2,3)4;;;/h18H,3-17H2,1-2H3,(H,23,24,25);1H3,(H,2,3,4);1H3;;. The molecule has 0 heterocycles. The third-order valence-corrected chi connectivity index (χ3v) is 6.19. The number of carbonyl (C=O) groups excluding carboxylic acids is 2. The van der Waals surface area contributed by atoms with E-state index < -0.39 is 44.1 Å². The molecule has 0 saturated carbocycles. The molecule has 0 aliphatic rings. The van der Waals surface area contributed by atoms with Gasteiger partial charge >= 0.3 is 51.9 Å². The minimum atomic E-state index is -4.73. The van der Waals surface area contributed by atoms with Crippen LogP contribution in [0.5, 0.6) is 0 Å². The summed E-state index contributed by atoms with van der Waals surface area (Å²) in [6.45, 7) is 4.50. The molecule has 15 heteroatoms. The summed E-state index contributed by atoms with van der Waals surface area (Å²) in [6, 6.07) is 0. The maximum absolute atomic E-state index is 12.0. The summed E-state index contributed by atoms with van der Waals surface area (Å²) in [5, 5.41) is -1.93. The van der Waals surface area contributed by atoms with E-state index >= 15 is 0 Å². The first-order valence-corrected chi connectivity index (χ1v) is 14.6. The van der Waals surface area contributed by atoms with Gasteiger partial charge in [-0.1, -0.05) is 78.1 Å². The summed E-state index contributed by atoms with van der Waals surface area (Å²) in [5.74, 6) is -1.93. The van der Waals surface area contributed by atoms with E-state index in [0.717, 1.165) is 64.9 Å². The molecule has 0 radical (unpaired) electrons. The summed E-state index contributed by atoms with van der Waals surface area (Å²) < 4.78 is 71.8. The molecule has 12 nitrogen and oxygen atoms in total. The summed E-state index contributed by atoms with van der Waals surface area (Å²) in [6.07, 6.45) is 11.3. The van der Waals surface area contributed by atoms with Crippen molar-refractivity contribution in [3.63, 3.8) is 0 Å². The zero-order chi connectivity index (χ0) is 26.5. The number of esters is 2. The molecule has 0 amide bonds. The van der Waals surface area contributed by atoms with Gasteiger partial charge in [0.25, 0.3) is 10.1 Å². The average Bonchev–Trinajstić information content (AvgIpc) is 2.75. The van der Waals surface area contributed by atoms with Crippen molar-refractivity contribution in [2.45, 2.75) is 103 Å². The van der Waals surface area contributed by atoms with Gasteiger partial charge in [0.15, 0.2) is 5.25 Å². The number of hydrogen-bond acceptors (Lipinski definition) is 10. The van der Waals surface area contributed by atoms with Crippen LogP contribution in [0.1, 0.15) is 97.3 Å². The second-order valence-electron chi connectivity index (χ2n) is 7.73. The first-order valence-electron chi connectivity index (χ1n) is 11.7. The van der Waals surface area contributed by atoms with Gasteiger partial charge < -0.3 is 15.6 Å². The molecular formula is C21H46NNaO11S2. The molecular weight excluding hydrogens is 529 g/mol. The molecule has 0 saturated heterocycles. The SMILES string of the molecule is CCCCCCCCOC(=O)CC(C(=O)OCCCCCCCC)S(=O)(=O)O.COS(=O)(=O)O.N.[NaH]. The van der Waals surface area contributed by atoms with Crippen LogP contribution >= 0.6 is 0 Å². The van der Waals surface area contributed by atoms with Gasteiger partial charge in [0.05, 0.1) is 26.7 Å². The summed E-state index contributed by atoms with van der Waals surface area (Å²) in [5.41, 5.74) is 0. The molecule has 36 heavy (non-hydrogen) atoms. The van der Waals surface area contributed by atoms with Gasteiger partial charge in [-0.25, -0.2) is 0 Å². The fourth-order valence-electron chi connectivity index (χ4n) is 2.74. The second kappa shape index (κ2) is 26.3. The van der Waals surface area contributed by atoms with Crippen molar-refractivity contribution in [3.05, 3.63) is 0 Å². The molecule has 0 aromatic heterocycles. The predicted molar refractivity (Wildman–Crippen MR) is 139 cm³/mol. The van der Waals surface area contributed by atoms with Crippen LogP contribution < -0.4 is 6.15 Å². The maximum atomic E-state index is 12.0. The number of unbranched alkanes of at least 4 members (excludes halogenated alkanes) is 10. The monoisotopic (exact) mass is 575 g/mol. The van der Waals surface area contributed by atoms with Gasteiger partial charge in [0.1, 0.15) is 0 Å². The van der Waals surface area contributed by atoms with Crippen molar-refractivity contribution in [2.75, 3.05) is 20.3 Å². The van der Waals surface area contributed by atoms with Crippen LogP contribution in [0.15, 0.2) is 0 Å². The van der Waals surface area contributed by atoms with Gasteiger partial charge in [0.2, 0.25) is 0 Å². The second-order valence-corrected chi connectivity index (χ2v) is 10.5. The normalized spacial score (nSPS) is 11.7. The van der Waals surface area contributed by atoms with E-state index in [1.54, 1.807) is 0 Å². The minimum absolute atomic E-state index is 0. The van der Waals surface area contributed by atoms with Gasteiger partial charge in [-0.15, -0.1) is 0 Å². The Morgan fingerprint density at radius 3 is 1.44 bits per heavy atom. The van der Waals surface area contributed by atoms with E-state index in [-0.39, 0.29) is 48.9 Å². The van der Waals surface area contributed by atoms with Crippen LogP contribution in [0.2, 0.25) is 0 Å². The zero-order valence-corrected chi connectivity index (χ0v) is 22.9. The fourth-order valence-corrected chi connectivity index (χ4v) is 3.39. The molecule has 1 atom stereocenters. The first kappa shape index (κ1) is 42.8. The number of hydrogen-bond donors (Lipinski definition) is 3. The number of carbonyl (C=O) groups is 2. The van der Waals surface area contributed by atoms with Crippen molar-refractivity contribution in [2.24, 2.45) is 0 Å². The van der Waals surface area contributed by atoms with Crippen molar-refractivity contribution in [1.82, 2.24) is 6.15 Å². The molecule has 0 spiro atoms. The molecule has 0 fully saturated rings. The molecule has 0 aromatic carbocycles. The van der Waals surface area contributed by atoms with E-state index in [9.17, 15) is 31.0 Å². The van der Waals surface area contributed by atoms with Gasteiger partial charge in [0, 0.05) is 0 Å². The molecule has 214 valence electrons. The van der Waals surface area contributed by atoms with E-state index in [1.807, 2.05) is 0 Å². The van der Waals surface area contributed by atoms with E-state index in [0.29, 0.717) is 12.8 Å². The van der Waals surface area contributed by atoms with E-state index in [1.165, 1.54) is 6.42 Å². The van der Waals surface area contributed by atoms with E-state index in [2.05, 4.69) is 18.0 Å². The van der Waals surface area contributed by atoms with Crippen LogP contribution in [-0.4, -0.2) is 93.0 Å². The number of ether oxygens (including phenoxy) is 2. The Kier molecular flexibility index (Phi) is 31.2. The third-order valence-electron chi connectivity index (χ3n) is 4.69. The third kappa shape index (κ3) is 29.9. The summed E-state index contributed by atoms with van der Waals surface area (Å²) in [4.78, 5) is 23.8. The van der Waals surface area contributed by atoms with Crippen LogP contribution in [-0.2, 0) is 43.8 Å². The van der Waals surface area contributed by atoms with Gasteiger partial charge in [-0.2, -0.15) is 16.8 Å². The van der Waals surface area contributed by atoms with Gasteiger partial charge in [-0.05, 0) is 12.8 Å². The Labute approximate surface area is 239 Å². The Morgan fingerprint density at radius 2 is 1.08 bits per heavy atom. The van der Waals surface area contributed by atoms with E-state index in [4.69, 9.17) is 14.0 Å². The van der Waals surface area contributed by atoms with Crippen LogP contribution in [0.25, 0.3) is 0 Å². The van der Waals surface area contributed by atoms with Crippen molar-refractivity contribution in [1.29, 1.82) is 0 Å². The molecule has 0 bridgehead atoms. The van der Waals surface area contributed by atoms with Crippen LogP contribution in [0.4, 0.5) is 0 Å². The average molecular weight is 576 g/mol. The molecule has 0 rings (SSSR count). The molecule has 1 unspecified atom stereocenters. The van der Waals surface area contributed by atoms with Crippen LogP contribution in [0.3, 0.4) is 0 Å². The Bertz CT molecular complexity index is 747.